The maximum Gasteiger partial charge on any atom is 0.344 e. The van der Waals surface area contributed by atoms with Crippen LogP contribution in [0.25, 0.3) is 22.1 Å². The Morgan fingerprint density at radius 3 is 2.25 bits per heavy atom. The Morgan fingerprint density at radius 1 is 0.969 bits per heavy atom. The fraction of sp³-hybridized carbons (Fsp3) is 0.429. The molecule has 4 nitrogen and oxygen atoms in total. The summed E-state index contributed by atoms with van der Waals surface area (Å²) in [7, 11) is 0. The van der Waals surface area contributed by atoms with E-state index in [0.29, 0.717) is 16.7 Å². The van der Waals surface area contributed by atoms with Crippen LogP contribution in [-0.2, 0) is 0 Å². The highest BCUT2D eigenvalue weighted by atomic mass is 16.4. The number of para-hydroxylation sites is 1. The quantitative estimate of drug-likeness (QED) is 0.536. The van der Waals surface area contributed by atoms with Crippen LogP contribution in [0.1, 0.15) is 55.8 Å². The van der Waals surface area contributed by atoms with Gasteiger partial charge in [0.2, 0.25) is 0 Å². The molecule has 164 valence electrons. The normalized spacial score (nSPS) is 29.2. The maximum absolute atomic E-state index is 13.0. The minimum atomic E-state index is -0.364. The van der Waals surface area contributed by atoms with Crippen molar-refractivity contribution in [2.45, 2.75) is 51.5 Å². The lowest BCUT2D eigenvalue weighted by Gasteiger charge is -2.59. The van der Waals surface area contributed by atoms with Crippen molar-refractivity contribution in [1.82, 2.24) is 5.32 Å². The van der Waals surface area contributed by atoms with Gasteiger partial charge in [0.1, 0.15) is 5.58 Å². The number of nitrogens with one attached hydrogen (secondary N) is 1. The van der Waals surface area contributed by atoms with E-state index in [1.54, 1.807) is 6.07 Å². The summed E-state index contributed by atoms with van der Waals surface area (Å²) in [5.74, 6) is 2.58. The number of carbonyl (C=O) groups excluding carboxylic acids is 1. The van der Waals surface area contributed by atoms with Crippen LogP contribution in [0, 0.1) is 23.2 Å². The van der Waals surface area contributed by atoms with Crippen LogP contribution in [0.15, 0.2) is 63.8 Å². The Kier molecular flexibility index (Phi) is 4.53. The second-order valence-corrected chi connectivity index (χ2v) is 10.5. The molecular weight excluding hydrogens is 398 g/mol. The SMILES string of the molecule is CC(NC(=O)c1ccc(-c2cc3ccccc3oc2=O)cc1)C12CC3CC(CC(C3)C1)C2. The Labute approximate surface area is 188 Å². The number of hydrogen-bond acceptors (Lipinski definition) is 3. The van der Waals surface area contributed by atoms with Crippen LogP contribution in [0.5, 0.6) is 0 Å². The van der Waals surface area contributed by atoms with Crippen molar-refractivity contribution >= 4 is 16.9 Å². The first kappa shape index (κ1) is 19.8. The van der Waals surface area contributed by atoms with Crippen LogP contribution in [0.2, 0.25) is 0 Å². The van der Waals surface area contributed by atoms with E-state index in [0.717, 1.165) is 28.7 Å². The Bertz CT molecular complexity index is 1200. The van der Waals surface area contributed by atoms with Gasteiger partial charge in [-0.1, -0.05) is 30.3 Å². The van der Waals surface area contributed by atoms with Gasteiger partial charge in [0.15, 0.2) is 0 Å². The summed E-state index contributed by atoms with van der Waals surface area (Å²) in [5, 5.41) is 4.21. The molecule has 4 aliphatic rings. The average molecular weight is 428 g/mol. The third-order valence-corrected chi connectivity index (χ3v) is 8.45. The molecule has 0 spiro atoms. The molecule has 0 radical (unpaired) electrons. The van der Waals surface area contributed by atoms with E-state index in [4.69, 9.17) is 4.42 Å². The first-order valence-electron chi connectivity index (χ1n) is 11.9. The number of rotatable bonds is 4. The first-order chi connectivity index (χ1) is 15.5. The number of fused-ring (bicyclic) bond motifs is 1. The highest BCUT2D eigenvalue weighted by Gasteiger charge is 2.53. The van der Waals surface area contributed by atoms with E-state index in [1.165, 1.54) is 38.5 Å². The first-order valence-corrected chi connectivity index (χ1v) is 11.9. The van der Waals surface area contributed by atoms with Crippen LogP contribution in [0.3, 0.4) is 0 Å². The molecule has 1 atom stereocenters. The molecule has 32 heavy (non-hydrogen) atoms. The summed E-state index contributed by atoms with van der Waals surface area (Å²) in [5.41, 5.74) is 2.41. The van der Waals surface area contributed by atoms with E-state index < -0.39 is 0 Å². The average Bonchev–Trinajstić information content (AvgIpc) is 2.78. The van der Waals surface area contributed by atoms with E-state index in [1.807, 2.05) is 48.5 Å². The van der Waals surface area contributed by atoms with Gasteiger partial charge in [-0.05, 0) is 98.4 Å². The monoisotopic (exact) mass is 427 g/mol. The van der Waals surface area contributed by atoms with Crippen LogP contribution in [-0.4, -0.2) is 11.9 Å². The van der Waals surface area contributed by atoms with Gasteiger partial charge in [-0.15, -0.1) is 0 Å². The van der Waals surface area contributed by atoms with E-state index in [-0.39, 0.29) is 23.0 Å². The largest absolute Gasteiger partial charge is 0.422 e. The molecule has 1 N–H and O–H groups in total. The standard InChI is InChI=1S/C28H29NO3/c1-17(28-14-18-10-19(15-28)12-20(11-18)16-28)29-26(30)22-8-6-21(7-9-22)24-13-23-4-2-3-5-25(23)32-27(24)31/h2-9,13,17-20H,10-12,14-16H2,1H3,(H,29,30). The van der Waals surface area contributed by atoms with Gasteiger partial charge in [0, 0.05) is 17.0 Å². The topological polar surface area (TPSA) is 59.3 Å². The Hall–Kier alpha value is -2.88. The van der Waals surface area contributed by atoms with Gasteiger partial charge in [0.25, 0.3) is 5.91 Å². The summed E-state index contributed by atoms with van der Waals surface area (Å²) in [6, 6.07) is 16.8. The maximum atomic E-state index is 13.0. The van der Waals surface area contributed by atoms with Crippen molar-refractivity contribution in [3.63, 3.8) is 0 Å². The highest BCUT2D eigenvalue weighted by molar-refractivity contribution is 5.95. The van der Waals surface area contributed by atoms with Crippen molar-refractivity contribution in [3.8, 4) is 11.1 Å². The minimum absolute atomic E-state index is 0.0228. The molecule has 4 bridgehead atoms. The van der Waals surface area contributed by atoms with Gasteiger partial charge in [-0.25, -0.2) is 4.79 Å². The lowest BCUT2D eigenvalue weighted by Crippen LogP contribution is -2.55. The summed E-state index contributed by atoms with van der Waals surface area (Å²) < 4.78 is 5.46. The third kappa shape index (κ3) is 3.28. The van der Waals surface area contributed by atoms with Gasteiger partial charge in [-0.2, -0.15) is 0 Å². The van der Waals surface area contributed by atoms with Crippen molar-refractivity contribution in [2.75, 3.05) is 0 Å². The van der Waals surface area contributed by atoms with Crippen LogP contribution in [0.4, 0.5) is 0 Å². The molecule has 2 aromatic carbocycles. The minimum Gasteiger partial charge on any atom is -0.422 e. The zero-order valence-corrected chi connectivity index (χ0v) is 18.5. The second-order valence-electron chi connectivity index (χ2n) is 10.5. The van der Waals surface area contributed by atoms with Crippen molar-refractivity contribution in [2.24, 2.45) is 23.2 Å². The highest BCUT2D eigenvalue weighted by Crippen LogP contribution is 2.61. The summed E-state index contributed by atoms with van der Waals surface area (Å²) in [4.78, 5) is 25.5. The van der Waals surface area contributed by atoms with E-state index in [2.05, 4.69) is 12.2 Å². The van der Waals surface area contributed by atoms with Gasteiger partial charge >= 0.3 is 5.63 Å². The smallest absolute Gasteiger partial charge is 0.344 e. The summed E-state index contributed by atoms with van der Waals surface area (Å²) >= 11 is 0. The molecule has 4 saturated carbocycles. The number of amides is 1. The van der Waals surface area contributed by atoms with Crippen LogP contribution < -0.4 is 10.9 Å². The number of carbonyl (C=O) groups is 1. The molecule has 0 aliphatic heterocycles. The molecule has 4 aliphatic carbocycles. The number of benzene rings is 2. The molecule has 1 heterocycles. The van der Waals surface area contributed by atoms with Gasteiger partial charge < -0.3 is 9.73 Å². The summed E-state index contributed by atoms with van der Waals surface area (Å²) in [6.07, 6.45) is 8.05. The fourth-order valence-corrected chi connectivity index (χ4v) is 7.21. The van der Waals surface area contributed by atoms with E-state index >= 15 is 0 Å². The van der Waals surface area contributed by atoms with E-state index in [9.17, 15) is 9.59 Å². The zero-order chi connectivity index (χ0) is 21.9. The molecule has 0 saturated heterocycles. The van der Waals surface area contributed by atoms with Gasteiger partial charge in [-0.3, -0.25) is 4.79 Å². The van der Waals surface area contributed by atoms with Crippen LogP contribution >= 0.6 is 0 Å². The lowest BCUT2D eigenvalue weighted by molar-refractivity contribution is -0.0688. The van der Waals surface area contributed by atoms with Crippen molar-refractivity contribution < 1.29 is 9.21 Å². The molecule has 4 heteroatoms. The Balaban J connectivity index is 1.20. The van der Waals surface area contributed by atoms with Crippen molar-refractivity contribution in [3.05, 3.63) is 70.6 Å². The lowest BCUT2D eigenvalue weighted by atomic mass is 9.48. The van der Waals surface area contributed by atoms with Gasteiger partial charge in [0.05, 0.1) is 5.56 Å². The zero-order valence-electron chi connectivity index (χ0n) is 18.5. The molecule has 1 amide bonds. The molecule has 4 fully saturated rings. The predicted octanol–water partition coefficient (Wildman–Crippen LogP) is 5.79. The molecule has 3 aromatic rings. The fourth-order valence-electron chi connectivity index (χ4n) is 7.21. The Morgan fingerprint density at radius 2 is 1.59 bits per heavy atom. The molecule has 1 unspecified atom stereocenters. The third-order valence-electron chi connectivity index (χ3n) is 8.45. The molecular formula is C28H29NO3. The number of hydrogen-bond donors (Lipinski definition) is 1. The molecule has 7 rings (SSSR count). The molecule has 1 aromatic heterocycles. The van der Waals surface area contributed by atoms with Crippen molar-refractivity contribution in [1.29, 1.82) is 0 Å². The predicted molar refractivity (Wildman–Crippen MR) is 125 cm³/mol. The summed E-state index contributed by atoms with van der Waals surface area (Å²) in [6.45, 7) is 2.21. The second kappa shape index (κ2) is 7.33.